The van der Waals surface area contributed by atoms with Crippen molar-refractivity contribution in [2.45, 2.75) is 6.61 Å². The first kappa shape index (κ1) is 12.6. The van der Waals surface area contributed by atoms with Gasteiger partial charge in [0.15, 0.2) is 0 Å². The van der Waals surface area contributed by atoms with Gasteiger partial charge in [0, 0.05) is 9.13 Å². The summed E-state index contributed by atoms with van der Waals surface area (Å²) < 4.78 is 19.8. The lowest BCUT2D eigenvalue weighted by Gasteiger charge is -2.08. The van der Waals surface area contributed by atoms with E-state index in [0.29, 0.717) is 5.56 Å². The summed E-state index contributed by atoms with van der Waals surface area (Å²) in [5, 5.41) is 0.123. The van der Waals surface area contributed by atoms with E-state index >= 15 is 0 Å². The number of hydrogen-bond acceptors (Lipinski definition) is 1. The van der Waals surface area contributed by atoms with Gasteiger partial charge in [-0.05, 0) is 46.9 Å². The molecule has 4 heteroatoms. The fraction of sp³-hybridized carbons (Fsp3) is 0.0769. The van der Waals surface area contributed by atoms with Crippen LogP contribution in [-0.4, -0.2) is 0 Å². The van der Waals surface area contributed by atoms with E-state index < -0.39 is 5.82 Å². The van der Waals surface area contributed by atoms with Crippen LogP contribution in [0.2, 0.25) is 5.02 Å². The monoisotopic (exact) mass is 362 g/mol. The van der Waals surface area contributed by atoms with Gasteiger partial charge >= 0.3 is 0 Å². The van der Waals surface area contributed by atoms with Gasteiger partial charge in [-0.1, -0.05) is 29.8 Å². The molecule has 0 N–H and O–H groups in total. The van der Waals surface area contributed by atoms with Crippen LogP contribution in [-0.2, 0) is 6.61 Å². The molecule has 0 aliphatic heterocycles. The Labute approximate surface area is 118 Å². The number of halogens is 3. The zero-order valence-corrected chi connectivity index (χ0v) is 11.7. The Morgan fingerprint density at radius 1 is 1.18 bits per heavy atom. The fourth-order valence-electron chi connectivity index (χ4n) is 1.38. The third kappa shape index (κ3) is 3.33. The van der Waals surface area contributed by atoms with Crippen molar-refractivity contribution in [3.05, 3.63) is 62.4 Å². The van der Waals surface area contributed by atoms with E-state index in [1.807, 2.05) is 24.3 Å². The van der Waals surface area contributed by atoms with Crippen molar-refractivity contribution in [3.63, 3.8) is 0 Å². The molecule has 0 spiro atoms. The summed E-state index contributed by atoms with van der Waals surface area (Å²) in [5.41, 5.74) is 0.644. The summed E-state index contributed by atoms with van der Waals surface area (Å²) in [6, 6.07) is 12.3. The highest BCUT2D eigenvalue weighted by atomic mass is 127. The quantitative estimate of drug-likeness (QED) is 0.722. The number of rotatable bonds is 3. The van der Waals surface area contributed by atoms with Gasteiger partial charge in [0.05, 0.1) is 5.02 Å². The van der Waals surface area contributed by atoms with Crippen molar-refractivity contribution in [2.24, 2.45) is 0 Å². The SMILES string of the molecule is Fc1cccc(COc2cccc(I)c2)c1Cl. The average molecular weight is 363 g/mol. The molecule has 2 aromatic carbocycles. The zero-order valence-electron chi connectivity index (χ0n) is 8.79. The highest BCUT2D eigenvalue weighted by molar-refractivity contribution is 14.1. The van der Waals surface area contributed by atoms with Crippen LogP contribution in [0.3, 0.4) is 0 Å². The van der Waals surface area contributed by atoms with Crippen molar-refractivity contribution in [2.75, 3.05) is 0 Å². The molecule has 2 rings (SSSR count). The standard InChI is InChI=1S/C13H9ClFIO/c14-13-9(3-1-6-12(13)15)8-17-11-5-2-4-10(16)7-11/h1-7H,8H2. The van der Waals surface area contributed by atoms with Crippen LogP contribution in [0, 0.1) is 9.39 Å². The van der Waals surface area contributed by atoms with Gasteiger partial charge < -0.3 is 4.74 Å². The lowest BCUT2D eigenvalue weighted by atomic mass is 10.2. The first-order chi connectivity index (χ1) is 8.16. The molecule has 0 saturated heterocycles. The van der Waals surface area contributed by atoms with Gasteiger partial charge in [-0.2, -0.15) is 0 Å². The lowest BCUT2D eigenvalue weighted by molar-refractivity contribution is 0.305. The summed E-state index contributed by atoms with van der Waals surface area (Å²) in [6.07, 6.45) is 0. The summed E-state index contributed by atoms with van der Waals surface area (Å²) >= 11 is 8.04. The van der Waals surface area contributed by atoms with Crippen LogP contribution < -0.4 is 4.74 Å². The molecule has 0 atom stereocenters. The number of benzene rings is 2. The smallest absolute Gasteiger partial charge is 0.142 e. The summed E-state index contributed by atoms with van der Waals surface area (Å²) in [6.45, 7) is 0.261. The Kier molecular flexibility index (Phi) is 4.23. The maximum atomic E-state index is 13.2. The third-order valence-corrected chi connectivity index (χ3v) is 3.32. The Balaban J connectivity index is 2.10. The second kappa shape index (κ2) is 5.69. The average Bonchev–Trinajstić information content (AvgIpc) is 2.31. The molecule has 0 unspecified atom stereocenters. The summed E-state index contributed by atoms with van der Waals surface area (Å²) in [7, 11) is 0. The van der Waals surface area contributed by atoms with Crippen molar-refractivity contribution >= 4 is 34.2 Å². The first-order valence-electron chi connectivity index (χ1n) is 4.98. The maximum absolute atomic E-state index is 13.2. The molecule has 0 bridgehead atoms. The van der Waals surface area contributed by atoms with Crippen LogP contribution in [0.15, 0.2) is 42.5 Å². The normalized spacial score (nSPS) is 10.3. The van der Waals surface area contributed by atoms with Crippen molar-refractivity contribution in [1.29, 1.82) is 0 Å². The molecule has 1 nitrogen and oxygen atoms in total. The van der Waals surface area contributed by atoms with E-state index in [0.717, 1.165) is 9.32 Å². The van der Waals surface area contributed by atoms with Crippen LogP contribution in [0.5, 0.6) is 5.75 Å². The topological polar surface area (TPSA) is 9.23 Å². The second-order valence-electron chi connectivity index (χ2n) is 3.46. The summed E-state index contributed by atoms with van der Waals surface area (Å²) in [4.78, 5) is 0. The molecule has 88 valence electrons. The second-order valence-corrected chi connectivity index (χ2v) is 5.08. The molecule has 17 heavy (non-hydrogen) atoms. The van der Waals surface area contributed by atoms with Gasteiger partial charge in [0.1, 0.15) is 18.2 Å². The van der Waals surface area contributed by atoms with Crippen LogP contribution in [0.25, 0.3) is 0 Å². The number of hydrogen-bond donors (Lipinski definition) is 0. The van der Waals surface area contributed by atoms with Gasteiger partial charge in [-0.25, -0.2) is 4.39 Å². The Bertz CT molecular complexity index is 531. The van der Waals surface area contributed by atoms with Crippen molar-refractivity contribution in [1.82, 2.24) is 0 Å². The molecule has 0 fully saturated rings. The number of ether oxygens (including phenoxy) is 1. The van der Waals surface area contributed by atoms with E-state index in [1.165, 1.54) is 6.07 Å². The predicted octanol–water partition coefficient (Wildman–Crippen LogP) is 4.66. The van der Waals surface area contributed by atoms with Crippen LogP contribution >= 0.6 is 34.2 Å². The van der Waals surface area contributed by atoms with Crippen molar-refractivity contribution < 1.29 is 9.13 Å². The van der Waals surface area contributed by atoms with E-state index in [4.69, 9.17) is 16.3 Å². The van der Waals surface area contributed by atoms with E-state index in [9.17, 15) is 4.39 Å². The molecule has 0 amide bonds. The molecule has 0 radical (unpaired) electrons. The highest BCUT2D eigenvalue weighted by Crippen LogP contribution is 2.22. The van der Waals surface area contributed by atoms with Gasteiger partial charge in [0.2, 0.25) is 0 Å². The fourth-order valence-corrected chi connectivity index (χ4v) is 2.07. The minimum absolute atomic E-state index is 0.123. The van der Waals surface area contributed by atoms with Crippen LogP contribution in [0.4, 0.5) is 4.39 Å². The molecule has 0 heterocycles. The van der Waals surface area contributed by atoms with E-state index in [2.05, 4.69) is 22.6 Å². The van der Waals surface area contributed by atoms with E-state index in [1.54, 1.807) is 12.1 Å². The highest BCUT2D eigenvalue weighted by Gasteiger charge is 2.06. The Morgan fingerprint density at radius 3 is 2.71 bits per heavy atom. The van der Waals surface area contributed by atoms with Gasteiger partial charge in [-0.15, -0.1) is 0 Å². The first-order valence-corrected chi connectivity index (χ1v) is 6.44. The van der Waals surface area contributed by atoms with E-state index in [-0.39, 0.29) is 11.6 Å². The predicted molar refractivity (Wildman–Crippen MR) is 74.9 cm³/mol. The van der Waals surface area contributed by atoms with Crippen molar-refractivity contribution in [3.8, 4) is 5.75 Å². The Morgan fingerprint density at radius 2 is 1.94 bits per heavy atom. The molecule has 2 aromatic rings. The minimum Gasteiger partial charge on any atom is -0.489 e. The molecular formula is C13H9ClFIO. The Hall–Kier alpha value is -0.810. The molecule has 0 saturated carbocycles. The van der Waals surface area contributed by atoms with Crippen LogP contribution in [0.1, 0.15) is 5.56 Å². The summed E-state index contributed by atoms with van der Waals surface area (Å²) in [5.74, 6) is 0.327. The van der Waals surface area contributed by atoms with Gasteiger partial charge in [-0.3, -0.25) is 0 Å². The van der Waals surface area contributed by atoms with Gasteiger partial charge in [0.25, 0.3) is 0 Å². The third-order valence-electron chi connectivity index (χ3n) is 2.22. The molecule has 0 aliphatic carbocycles. The molecule has 0 aromatic heterocycles. The maximum Gasteiger partial charge on any atom is 0.142 e. The minimum atomic E-state index is -0.421. The lowest BCUT2D eigenvalue weighted by Crippen LogP contribution is -1.97. The largest absolute Gasteiger partial charge is 0.489 e. The molecule has 0 aliphatic rings. The molecular weight excluding hydrogens is 353 g/mol. The zero-order chi connectivity index (χ0) is 12.3.